The minimum Gasteiger partial charge on any atom is -0.385 e. The fraction of sp³-hybridized carbons (Fsp3) is 0.556. The maximum Gasteiger partial charge on any atom is 0.164 e. The van der Waals surface area contributed by atoms with E-state index in [0.29, 0.717) is 18.9 Å². The second-order valence-electron chi connectivity index (χ2n) is 2.90. The zero-order valence-electron chi connectivity index (χ0n) is 8.13. The number of hydrogen-bond donors (Lipinski definition) is 0. The average Bonchev–Trinajstić information content (AvgIpc) is 2.18. The average molecular weight is 219 g/mol. The van der Waals surface area contributed by atoms with Crippen molar-refractivity contribution in [1.29, 1.82) is 0 Å². The number of methoxy groups -OCH3 is 1. The van der Waals surface area contributed by atoms with Gasteiger partial charge in [-0.05, 0) is 13.3 Å². The third-order valence-corrected chi connectivity index (χ3v) is 2.19. The molecule has 0 bridgehead atoms. The lowest BCUT2D eigenvalue weighted by atomic mass is 10.2. The summed E-state index contributed by atoms with van der Waals surface area (Å²) in [7, 11) is 1.57. The lowest BCUT2D eigenvalue weighted by Gasteiger charge is -2.09. The number of alkyl halides is 1. The van der Waals surface area contributed by atoms with E-state index in [1.807, 2.05) is 0 Å². The van der Waals surface area contributed by atoms with Gasteiger partial charge in [-0.1, -0.05) is 0 Å². The van der Waals surface area contributed by atoms with Crippen molar-refractivity contribution in [1.82, 2.24) is 9.97 Å². The molecule has 0 aliphatic rings. The Labute approximate surface area is 87.3 Å². The number of rotatable bonds is 4. The van der Waals surface area contributed by atoms with Crippen LogP contribution in [-0.2, 0) is 4.74 Å². The topological polar surface area (TPSA) is 35.0 Å². The van der Waals surface area contributed by atoms with Gasteiger partial charge in [0.1, 0.15) is 5.82 Å². The summed E-state index contributed by atoms with van der Waals surface area (Å²) < 4.78 is 18.1. The Balaban J connectivity index is 2.77. The van der Waals surface area contributed by atoms with Crippen LogP contribution in [-0.4, -0.2) is 23.7 Å². The maximum absolute atomic E-state index is 13.2. The summed E-state index contributed by atoms with van der Waals surface area (Å²) in [6.45, 7) is 2.18. The molecule has 1 unspecified atom stereocenters. The number of ether oxygens (including phenoxy) is 1. The summed E-state index contributed by atoms with van der Waals surface area (Å²) in [5, 5.41) is -0.461. The summed E-state index contributed by atoms with van der Waals surface area (Å²) in [6, 6.07) is 0. The SMILES string of the molecule is COCCC(Cl)c1nc(C)ncc1F. The molecular weight excluding hydrogens is 207 g/mol. The highest BCUT2D eigenvalue weighted by Gasteiger charge is 2.15. The van der Waals surface area contributed by atoms with Crippen LogP contribution in [0.2, 0.25) is 0 Å². The van der Waals surface area contributed by atoms with Gasteiger partial charge >= 0.3 is 0 Å². The molecule has 1 atom stereocenters. The first-order chi connectivity index (χ1) is 6.65. The van der Waals surface area contributed by atoms with E-state index in [4.69, 9.17) is 16.3 Å². The minimum atomic E-state index is -0.466. The number of aryl methyl sites for hydroxylation is 1. The zero-order chi connectivity index (χ0) is 10.6. The molecule has 14 heavy (non-hydrogen) atoms. The number of aromatic nitrogens is 2. The van der Waals surface area contributed by atoms with Crippen LogP contribution in [0.4, 0.5) is 4.39 Å². The Morgan fingerprint density at radius 3 is 3.00 bits per heavy atom. The fourth-order valence-electron chi connectivity index (χ4n) is 1.05. The third kappa shape index (κ3) is 2.89. The molecule has 0 saturated carbocycles. The lowest BCUT2D eigenvalue weighted by molar-refractivity contribution is 0.193. The van der Waals surface area contributed by atoms with Gasteiger partial charge in [0, 0.05) is 13.7 Å². The van der Waals surface area contributed by atoms with Gasteiger partial charge in [0.15, 0.2) is 5.82 Å². The van der Waals surface area contributed by atoms with Crippen LogP contribution in [0.25, 0.3) is 0 Å². The molecule has 0 aliphatic carbocycles. The van der Waals surface area contributed by atoms with E-state index >= 15 is 0 Å². The Bertz CT molecular complexity index is 309. The van der Waals surface area contributed by atoms with Gasteiger partial charge in [0.25, 0.3) is 0 Å². The fourth-order valence-corrected chi connectivity index (χ4v) is 1.29. The molecule has 0 aromatic carbocycles. The molecule has 0 saturated heterocycles. The largest absolute Gasteiger partial charge is 0.385 e. The van der Waals surface area contributed by atoms with Gasteiger partial charge in [-0.3, -0.25) is 0 Å². The Morgan fingerprint density at radius 2 is 2.36 bits per heavy atom. The normalized spacial score (nSPS) is 12.9. The van der Waals surface area contributed by atoms with Crippen molar-refractivity contribution in [2.75, 3.05) is 13.7 Å². The number of halogens is 2. The van der Waals surface area contributed by atoms with Crippen molar-refractivity contribution in [2.24, 2.45) is 0 Å². The molecule has 3 nitrogen and oxygen atoms in total. The predicted octanol–water partition coefficient (Wildman–Crippen LogP) is 2.24. The van der Waals surface area contributed by atoms with Crippen LogP contribution < -0.4 is 0 Å². The standard InChI is InChI=1S/C9H12ClFN2O/c1-6-12-5-8(11)9(13-6)7(10)3-4-14-2/h5,7H,3-4H2,1-2H3. The highest BCUT2D eigenvalue weighted by atomic mass is 35.5. The van der Waals surface area contributed by atoms with Crippen LogP contribution in [0.3, 0.4) is 0 Å². The zero-order valence-corrected chi connectivity index (χ0v) is 8.88. The van der Waals surface area contributed by atoms with Gasteiger partial charge < -0.3 is 4.74 Å². The highest BCUT2D eigenvalue weighted by molar-refractivity contribution is 6.20. The van der Waals surface area contributed by atoms with Crippen LogP contribution >= 0.6 is 11.6 Å². The maximum atomic E-state index is 13.2. The summed E-state index contributed by atoms with van der Waals surface area (Å²) >= 11 is 5.95. The minimum absolute atomic E-state index is 0.246. The Kier molecular flexibility index (Phi) is 4.22. The molecule has 0 amide bonds. The first kappa shape index (κ1) is 11.3. The van der Waals surface area contributed by atoms with Gasteiger partial charge in [-0.25, -0.2) is 14.4 Å². The molecule has 0 fully saturated rings. The van der Waals surface area contributed by atoms with Crippen LogP contribution in [0.15, 0.2) is 6.20 Å². The lowest BCUT2D eigenvalue weighted by Crippen LogP contribution is -2.04. The summed E-state index contributed by atoms with van der Waals surface area (Å²) in [4.78, 5) is 7.68. The van der Waals surface area contributed by atoms with E-state index < -0.39 is 11.2 Å². The molecule has 0 radical (unpaired) electrons. The van der Waals surface area contributed by atoms with Crippen molar-refractivity contribution >= 4 is 11.6 Å². The molecule has 1 aromatic heterocycles. The van der Waals surface area contributed by atoms with E-state index in [1.54, 1.807) is 14.0 Å². The summed E-state index contributed by atoms with van der Waals surface area (Å²) in [6.07, 6.45) is 1.67. The van der Waals surface area contributed by atoms with E-state index in [9.17, 15) is 4.39 Å². The van der Waals surface area contributed by atoms with Crippen molar-refractivity contribution in [3.05, 3.63) is 23.5 Å². The van der Waals surface area contributed by atoms with E-state index in [-0.39, 0.29) is 5.69 Å². The molecule has 78 valence electrons. The molecule has 0 N–H and O–H groups in total. The number of hydrogen-bond acceptors (Lipinski definition) is 3. The predicted molar refractivity (Wildman–Crippen MR) is 51.8 cm³/mol. The van der Waals surface area contributed by atoms with E-state index in [2.05, 4.69) is 9.97 Å². The Morgan fingerprint density at radius 1 is 1.64 bits per heavy atom. The molecule has 1 heterocycles. The van der Waals surface area contributed by atoms with E-state index in [1.165, 1.54) is 0 Å². The summed E-state index contributed by atoms with van der Waals surface area (Å²) in [5.41, 5.74) is 0.246. The highest BCUT2D eigenvalue weighted by Crippen LogP contribution is 2.24. The molecule has 5 heteroatoms. The summed E-state index contributed by atoms with van der Waals surface area (Å²) in [5.74, 6) is 0.0520. The van der Waals surface area contributed by atoms with Crippen LogP contribution in [0.1, 0.15) is 23.3 Å². The first-order valence-corrected chi connectivity index (χ1v) is 4.71. The van der Waals surface area contributed by atoms with Crippen LogP contribution in [0, 0.1) is 12.7 Å². The first-order valence-electron chi connectivity index (χ1n) is 4.27. The smallest absolute Gasteiger partial charge is 0.164 e. The second-order valence-corrected chi connectivity index (χ2v) is 3.43. The van der Waals surface area contributed by atoms with Gasteiger partial charge in [-0.2, -0.15) is 0 Å². The van der Waals surface area contributed by atoms with Crippen molar-refractivity contribution in [3.8, 4) is 0 Å². The molecule has 1 rings (SSSR count). The number of nitrogens with zero attached hydrogens (tertiary/aromatic N) is 2. The van der Waals surface area contributed by atoms with Crippen molar-refractivity contribution in [3.63, 3.8) is 0 Å². The van der Waals surface area contributed by atoms with Gasteiger partial charge in [0.2, 0.25) is 0 Å². The third-order valence-electron chi connectivity index (χ3n) is 1.76. The van der Waals surface area contributed by atoms with Crippen molar-refractivity contribution in [2.45, 2.75) is 18.7 Å². The van der Waals surface area contributed by atoms with E-state index in [0.717, 1.165) is 6.20 Å². The molecule has 0 spiro atoms. The molecular formula is C9H12ClFN2O. The van der Waals surface area contributed by atoms with Crippen LogP contribution in [0.5, 0.6) is 0 Å². The van der Waals surface area contributed by atoms with Gasteiger partial charge in [-0.15, -0.1) is 11.6 Å². The Hall–Kier alpha value is -0.740. The quantitative estimate of drug-likeness (QED) is 0.727. The van der Waals surface area contributed by atoms with Gasteiger partial charge in [0.05, 0.1) is 17.3 Å². The molecule has 1 aromatic rings. The monoisotopic (exact) mass is 218 g/mol. The van der Waals surface area contributed by atoms with Crippen molar-refractivity contribution < 1.29 is 9.13 Å². The second kappa shape index (κ2) is 5.22. The molecule has 0 aliphatic heterocycles.